The lowest BCUT2D eigenvalue weighted by atomic mass is 10.1. The molecule has 1 aliphatic rings. The van der Waals surface area contributed by atoms with Gasteiger partial charge in [0.1, 0.15) is 0 Å². The van der Waals surface area contributed by atoms with Crippen LogP contribution in [-0.2, 0) is 0 Å². The van der Waals surface area contributed by atoms with Crippen molar-refractivity contribution in [2.75, 3.05) is 0 Å². The topological polar surface area (TPSA) is 22.0 Å². The van der Waals surface area contributed by atoms with Gasteiger partial charge in [0.05, 0.1) is 11.2 Å². The van der Waals surface area contributed by atoms with E-state index in [1.807, 2.05) is 42.5 Å². The molecule has 3 heteroatoms. The predicted octanol–water partition coefficient (Wildman–Crippen LogP) is 4.07. The number of hydrogen-bond acceptors (Lipinski definition) is 1. The second-order valence-corrected chi connectivity index (χ2v) is 5.33. The van der Waals surface area contributed by atoms with Crippen molar-refractivity contribution < 1.29 is 4.79 Å². The van der Waals surface area contributed by atoms with Crippen LogP contribution in [0.5, 0.6) is 0 Å². The summed E-state index contributed by atoms with van der Waals surface area (Å²) < 4.78 is 2.78. The second-order valence-electron chi connectivity index (χ2n) is 4.42. The zero-order valence-electron chi connectivity index (χ0n) is 9.35. The molecule has 0 saturated heterocycles. The van der Waals surface area contributed by atoms with Gasteiger partial charge in [-0.1, -0.05) is 40.2 Å². The maximum atomic E-state index is 12.4. The van der Waals surface area contributed by atoms with Gasteiger partial charge in [-0.2, -0.15) is 0 Å². The van der Waals surface area contributed by atoms with E-state index < -0.39 is 0 Å². The van der Waals surface area contributed by atoms with E-state index in [9.17, 15) is 4.79 Å². The molecule has 2 nitrogen and oxygen atoms in total. The van der Waals surface area contributed by atoms with Crippen LogP contribution in [-0.4, -0.2) is 10.5 Å². The van der Waals surface area contributed by atoms with Gasteiger partial charge in [-0.15, -0.1) is 0 Å². The van der Waals surface area contributed by atoms with Crippen molar-refractivity contribution in [1.82, 2.24) is 4.57 Å². The Hall–Kier alpha value is -1.87. The Morgan fingerprint density at radius 2 is 1.72 bits per heavy atom. The third-order valence-electron chi connectivity index (χ3n) is 3.40. The Morgan fingerprint density at radius 1 is 0.944 bits per heavy atom. The van der Waals surface area contributed by atoms with E-state index in [-0.39, 0.29) is 5.91 Å². The minimum Gasteiger partial charge on any atom is -0.276 e. The molecule has 1 aliphatic heterocycles. The van der Waals surface area contributed by atoms with Crippen molar-refractivity contribution in [2.24, 2.45) is 0 Å². The van der Waals surface area contributed by atoms with E-state index in [2.05, 4.69) is 22.0 Å². The summed E-state index contributed by atoms with van der Waals surface area (Å²) in [6, 6.07) is 15.8. The molecule has 0 N–H and O–H groups in total. The van der Waals surface area contributed by atoms with Crippen molar-refractivity contribution in [3.63, 3.8) is 0 Å². The summed E-state index contributed by atoms with van der Waals surface area (Å²) in [5.41, 5.74) is 3.76. The van der Waals surface area contributed by atoms with Gasteiger partial charge in [0.2, 0.25) is 0 Å². The summed E-state index contributed by atoms with van der Waals surface area (Å²) in [6.07, 6.45) is 0. The minimum atomic E-state index is 0.0636. The predicted molar refractivity (Wildman–Crippen MR) is 74.8 cm³/mol. The molecular weight excluding hydrogens is 290 g/mol. The summed E-state index contributed by atoms with van der Waals surface area (Å²) >= 11 is 3.46. The summed E-state index contributed by atoms with van der Waals surface area (Å²) in [6.45, 7) is 0. The van der Waals surface area contributed by atoms with Gasteiger partial charge in [0.25, 0.3) is 5.91 Å². The van der Waals surface area contributed by atoms with Crippen LogP contribution in [0.4, 0.5) is 0 Å². The standard InChI is InChI=1S/C15H8BrNO/c16-10-6-5-9-7-14-11-3-1-2-4-12(11)15(18)17(14)13(9)8-10/h1-8H. The molecule has 0 spiro atoms. The molecule has 4 rings (SSSR count). The molecule has 0 fully saturated rings. The lowest BCUT2D eigenvalue weighted by molar-refractivity contribution is 0.0973. The Balaban J connectivity index is 2.16. The van der Waals surface area contributed by atoms with Crippen LogP contribution < -0.4 is 0 Å². The molecule has 3 aromatic rings. The zero-order valence-corrected chi connectivity index (χ0v) is 10.9. The molecule has 0 radical (unpaired) electrons. The van der Waals surface area contributed by atoms with E-state index in [1.165, 1.54) is 0 Å². The molecule has 0 unspecified atom stereocenters. The van der Waals surface area contributed by atoms with E-state index in [0.29, 0.717) is 0 Å². The van der Waals surface area contributed by atoms with Crippen molar-refractivity contribution in [3.8, 4) is 11.3 Å². The van der Waals surface area contributed by atoms with Crippen LogP contribution in [0.1, 0.15) is 10.4 Å². The first-order valence-electron chi connectivity index (χ1n) is 5.71. The molecule has 0 amide bonds. The number of fused-ring (bicyclic) bond motifs is 5. The Bertz CT molecular complexity index is 816. The highest BCUT2D eigenvalue weighted by atomic mass is 79.9. The molecule has 86 valence electrons. The van der Waals surface area contributed by atoms with Gasteiger partial charge in [-0.05, 0) is 24.3 Å². The minimum absolute atomic E-state index is 0.0636. The number of carbonyl (C=O) groups excluding carboxylic acids is 1. The molecule has 0 bridgehead atoms. The third-order valence-corrected chi connectivity index (χ3v) is 3.90. The molecule has 1 aromatic heterocycles. The monoisotopic (exact) mass is 297 g/mol. The lowest BCUT2D eigenvalue weighted by Gasteiger charge is -1.99. The van der Waals surface area contributed by atoms with Gasteiger partial charge in [0.15, 0.2) is 0 Å². The average Bonchev–Trinajstić information content (AvgIpc) is 2.87. The van der Waals surface area contributed by atoms with E-state index >= 15 is 0 Å². The van der Waals surface area contributed by atoms with Crippen LogP contribution in [0.15, 0.2) is 53.0 Å². The first kappa shape index (κ1) is 10.1. The molecular formula is C15H8BrNO. The number of benzene rings is 2. The van der Waals surface area contributed by atoms with E-state index in [4.69, 9.17) is 0 Å². The average molecular weight is 298 g/mol. The van der Waals surface area contributed by atoms with Crippen LogP contribution in [0.2, 0.25) is 0 Å². The number of carbonyl (C=O) groups is 1. The Kier molecular flexibility index (Phi) is 1.87. The summed E-state index contributed by atoms with van der Waals surface area (Å²) in [4.78, 5) is 12.4. The number of rotatable bonds is 0. The van der Waals surface area contributed by atoms with Gasteiger partial charge in [-0.3, -0.25) is 9.36 Å². The van der Waals surface area contributed by atoms with Crippen LogP contribution in [0, 0.1) is 0 Å². The van der Waals surface area contributed by atoms with Gasteiger partial charge >= 0.3 is 0 Å². The number of hydrogen-bond donors (Lipinski definition) is 0. The Labute approximate surface area is 112 Å². The highest BCUT2D eigenvalue weighted by Gasteiger charge is 2.27. The first-order valence-corrected chi connectivity index (χ1v) is 6.50. The van der Waals surface area contributed by atoms with Gasteiger partial charge in [0, 0.05) is 21.0 Å². The van der Waals surface area contributed by atoms with Crippen molar-refractivity contribution >= 4 is 32.7 Å². The van der Waals surface area contributed by atoms with Gasteiger partial charge in [-0.25, -0.2) is 0 Å². The quantitative estimate of drug-likeness (QED) is 0.479. The normalized spacial score (nSPS) is 12.8. The SMILES string of the molecule is O=C1c2ccccc2-c2cc3ccc(Br)cc3n21. The molecule has 0 atom stereocenters. The number of aromatic nitrogens is 1. The fourth-order valence-electron chi connectivity index (χ4n) is 2.60. The largest absolute Gasteiger partial charge is 0.276 e. The Morgan fingerprint density at radius 3 is 2.56 bits per heavy atom. The molecule has 0 aliphatic carbocycles. The third kappa shape index (κ3) is 1.14. The highest BCUT2D eigenvalue weighted by Crippen LogP contribution is 2.37. The first-order chi connectivity index (χ1) is 8.75. The smallest absolute Gasteiger partial charge is 0.263 e. The fraction of sp³-hybridized carbons (Fsp3) is 0. The summed E-state index contributed by atoms with van der Waals surface area (Å²) in [5.74, 6) is 0.0636. The maximum Gasteiger partial charge on any atom is 0.263 e. The van der Waals surface area contributed by atoms with Crippen molar-refractivity contribution in [2.45, 2.75) is 0 Å². The number of nitrogens with zero attached hydrogens (tertiary/aromatic N) is 1. The lowest BCUT2D eigenvalue weighted by Crippen LogP contribution is -2.05. The molecule has 2 aromatic carbocycles. The maximum absolute atomic E-state index is 12.4. The van der Waals surface area contributed by atoms with Crippen molar-refractivity contribution in [3.05, 3.63) is 58.6 Å². The van der Waals surface area contributed by atoms with Crippen LogP contribution >= 0.6 is 15.9 Å². The molecule has 2 heterocycles. The van der Waals surface area contributed by atoms with Crippen molar-refractivity contribution in [1.29, 1.82) is 0 Å². The highest BCUT2D eigenvalue weighted by molar-refractivity contribution is 9.10. The fourth-order valence-corrected chi connectivity index (χ4v) is 2.95. The molecule has 0 saturated carbocycles. The summed E-state index contributed by atoms with van der Waals surface area (Å²) in [7, 11) is 0. The van der Waals surface area contributed by atoms with E-state index in [0.717, 1.165) is 32.2 Å². The molecule has 18 heavy (non-hydrogen) atoms. The van der Waals surface area contributed by atoms with Gasteiger partial charge < -0.3 is 0 Å². The second kappa shape index (κ2) is 3.33. The zero-order chi connectivity index (χ0) is 12.3. The summed E-state index contributed by atoms with van der Waals surface area (Å²) in [5, 5.41) is 1.09. The van der Waals surface area contributed by atoms with E-state index in [1.54, 1.807) is 4.57 Å². The van der Waals surface area contributed by atoms with Crippen LogP contribution in [0.3, 0.4) is 0 Å². The number of halogens is 1. The van der Waals surface area contributed by atoms with Crippen LogP contribution in [0.25, 0.3) is 22.2 Å².